The first kappa shape index (κ1) is 20.8. The first-order valence-corrected chi connectivity index (χ1v) is 6.98. The van der Waals surface area contributed by atoms with E-state index in [9.17, 15) is 18.0 Å². The minimum absolute atomic E-state index is 0.0362. The quantitative estimate of drug-likeness (QED) is 0.681. The van der Waals surface area contributed by atoms with Crippen molar-refractivity contribution in [3.05, 3.63) is 29.5 Å². The fourth-order valence-corrected chi connectivity index (χ4v) is 1.57. The minimum Gasteiger partial charge on any atom is -0.481 e. The van der Waals surface area contributed by atoms with Gasteiger partial charge in [-0.1, -0.05) is 5.21 Å². The van der Waals surface area contributed by atoms with Gasteiger partial charge in [-0.15, -0.1) is 5.10 Å². The molecule has 0 fully saturated rings. The zero-order valence-corrected chi connectivity index (χ0v) is 13.4. The second-order valence-corrected chi connectivity index (χ2v) is 4.93. The van der Waals surface area contributed by atoms with E-state index in [2.05, 4.69) is 20.3 Å². The van der Waals surface area contributed by atoms with Crippen LogP contribution in [-0.4, -0.2) is 53.3 Å². The van der Waals surface area contributed by atoms with Crippen molar-refractivity contribution < 1.29 is 33.0 Å². The van der Waals surface area contributed by atoms with Crippen LogP contribution in [0, 0.1) is 6.92 Å². The van der Waals surface area contributed by atoms with Crippen molar-refractivity contribution >= 4 is 17.8 Å². The molecule has 4 N–H and O–H groups in total. The van der Waals surface area contributed by atoms with Crippen molar-refractivity contribution in [2.45, 2.75) is 32.5 Å². The summed E-state index contributed by atoms with van der Waals surface area (Å²) in [6.45, 7) is 2.17. The van der Waals surface area contributed by atoms with Gasteiger partial charge in [-0.25, -0.2) is 19.4 Å². The number of rotatable bonds is 5. The van der Waals surface area contributed by atoms with Crippen LogP contribution in [0.15, 0.2) is 12.4 Å². The summed E-state index contributed by atoms with van der Waals surface area (Å²) in [5.74, 6) is -2.59. The van der Waals surface area contributed by atoms with E-state index in [1.165, 1.54) is 0 Å². The summed E-state index contributed by atoms with van der Waals surface area (Å²) in [6, 6.07) is 0. The summed E-state index contributed by atoms with van der Waals surface area (Å²) in [5.41, 5.74) is 7.17. The van der Waals surface area contributed by atoms with Gasteiger partial charge in [0.05, 0.1) is 18.7 Å². The van der Waals surface area contributed by atoms with Crippen molar-refractivity contribution in [3.63, 3.8) is 0 Å². The number of aromatic nitrogens is 5. The van der Waals surface area contributed by atoms with Crippen molar-refractivity contribution in [2.24, 2.45) is 0 Å². The predicted octanol–water partition coefficient (Wildman–Crippen LogP) is 0.658. The molecule has 2 aromatic heterocycles. The highest BCUT2D eigenvalue weighted by Crippen LogP contribution is 2.13. The Hall–Kier alpha value is -3.25. The van der Waals surface area contributed by atoms with Crippen LogP contribution >= 0.6 is 0 Å². The first-order chi connectivity index (χ1) is 12.0. The number of halogens is 3. The van der Waals surface area contributed by atoms with Crippen LogP contribution in [-0.2, 0) is 22.6 Å². The van der Waals surface area contributed by atoms with E-state index < -0.39 is 18.1 Å². The molecule has 0 atom stereocenters. The Bertz CT molecular complexity index is 777. The molecular formula is C13H15F3N6O4. The van der Waals surface area contributed by atoms with E-state index in [1.807, 2.05) is 0 Å². The molecule has 2 aromatic rings. The van der Waals surface area contributed by atoms with E-state index in [1.54, 1.807) is 24.0 Å². The Morgan fingerprint density at radius 3 is 2.42 bits per heavy atom. The number of carboxylic acid groups (broad SMARTS) is 2. The van der Waals surface area contributed by atoms with Crippen LogP contribution in [0.3, 0.4) is 0 Å². The number of carbonyl (C=O) groups is 2. The number of aryl methyl sites for hydroxylation is 2. The molecule has 0 unspecified atom stereocenters. The molecule has 0 aliphatic carbocycles. The van der Waals surface area contributed by atoms with Gasteiger partial charge in [-0.05, 0) is 6.92 Å². The van der Waals surface area contributed by atoms with Crippen molar-refractivity contribution in [1.82, 2.24) is 25.0 Å². The lowest BCUT2D eigenvalue weighted by molar-refractivity contribution is -0.192. The average molecular weight is 376 g/mol. The molecule has 142 valence electrons. The summed E-state index contributed by atoms with van der Waals surface area (Å²) in [7, 11) is 0. The maximum Gasteiger partial charge on any atom is 0.490 e. The third-order valence-electron chi connectivity index (χ3n) is 2.77. The molecule has 2 heterocycles. The van der Waals surface area contributed by atoms with Crippen LogP contribution in [0.1, 0.15) is 23.5 Å². The summed E-state index contributed by atoms with van der Waals surface area (Å²) in [4.78, 5) is 27.5. The summed E-state index contributed by atoms with van der Waals surface area (Å²) in [6.07, 6.45) is -1.35. The van der Waals surface area contributed by atoms with E-state index in [0.717, 1.165) is 5.56 Å². The predicted molar refractivity (Wildman–Crippen MR) is 80.0 cm³/mol. The van der Waals surface area contributed by atoms with E-state index in [-0.39, 0.29) is 6.42 Å². The highest BCUT2D eigenvalue weighted by molar-refractivity contribution is 5.73. The molecule has 13 heteroatoms. The zero-order valence-electron chi connectivity index (χ0n) is 13.4. The van der Waals surface area contributed by atoms with Crippen molar-refractivity contribution in [2.75, 3.05) is 5.73 Å². The summed E-state index contributed by atoms with van der Waals surface area (Å²) < 4.78 is 33.3. The van der Waals surface area contributed by atoms with Gasteiger partial charge >= 0.3 is 18.1 Å². The number of hydrogen-bond donors (Lipinski definition) is 3. The fraction of sp³-hybridized carbons (Fsp3) is 0.385. The number of carboxylic acids is 2. The maximum atomic E-state index is 10.6. The van der Waals surface area contributed by atoms with Gasteiger partial charge in [0.1, 0.15) is 11.6 Å². The molecule has 2 rings (SSSR count). The maximum absolute atomic E-state index is 10.6. The van der Waals surface area contributed by atoms with Gasteiger partial charge in [0.25, 0.3) is 0 Å². The molecule has 0 amide bonds. The second-order valence-electron chi connectivity index (χ2n) is 4.93. The van der Waals surface area contributed by atoms with E-state index in [4.69, 9.17) is 20.7 Å². The molecule has 0 radical (unpaired) electrons. The molecule has 0 aromatic carbocycles. The van der Waals surface area contributed by atoms with E-state index in [0.29, 0.717) is 30.3 Å². The van der Waals surface area contributed by atoms with Gasteiger partial charge in [-0.2, -0.15) is 13.2 Å². The second kappa shape index (κ2) is 8.73. The van der Waals surface area contributed by atoms with Crippen LogP contribution < -0.4 is 5.73 Å². The molecule has 0 aliphatic rings. The van der Waals surface area contributed by atoms with Gasteiger partial charge in [0.15, 0.2) is 0 Å². The topological polar surface area (TPSA) is 157 Å². The Morgan fingerprint density at radius 2 is 1.92 bits per heavy atom. The Labute approximate surface area is 144 Å². The highest BCUT2D eigenvalue weighted by Gasteiger charge is 2.38. The smallest absolute Gasteiger partial charge is 0.481 e. The third-order valence-corrected chi connectivity index (χ3v) is 2.77. The normalized spacial score (nSPS) is 10.8. The number of nitrogens with two attached hydrogens (primary N) is 1. The summed E-state index contributed by atoms with van der Waals surface area (Å²) in [5, 5.41) is 23.5. The fourth-order valence-electron chi connectivity index (χ4n) is 1.57. The number of nitrogen functional groups attached to an aromatic ring is 1. The van der Waals surface area contributed by atoms with Crippen LogP contribution in [0.2, 0.25) is 0 Å². The van der Waals surface area contributed by atoms with Gasteiger partial charge in [-0.3, -0.25) is 4.79 Å². The van der Waals surface area contributed by atoms with Crippen LogP contribution in [0.25, 0.3) is 0 Å². The lowest BCUT2D eigenvalue weighted by atomic mass is 10.2. The standard InChI is InChI=1S/C11H14N6O2.C2HF3O2/c1-7-13-4-8(11(12)14-7)5-17-6-9(15-16-17)2-3-10(18)19;3-2(4,5)1(6)7/h4,6H,2-3,5H2,1H3,(H,18,19)(H2,12,13,14);(H,6,7). The lowest BCUT2D eigenvalue weighted by Crippen LogP contribution is -2.21. The Balaban J connectivity index is 0.000000412. The molecular weight excluding hydrogens is 361 g/mol. The van der Waals surface area contributed by atoms with Gasteiger partial charge < -0.3 is 15.9 Å². The number of aliphatic carboxylic acids is 2. The number of nitrogens with zero attached hydrogens (tertiary/aromatic N) is 5. The van der Waals surface area contributed by atoms with Crippen molar-refractivity contribution in [1.29, 1.82) is 0 Å². The Kier molecular flexibility index (Phi) is 6.98. The number of alkyl halides is 3. The molecule has 0 bridgehead atoms. The average Bonchev–Trinajstić information content (AvgIpc) is 2.95. The molecule has 0 saturated heterocycles. The summed E-state index contributed by atoms with van der Waals surface area (Å²) >= 11 is 0. The molecule has 10 nitrogen and oxygen atoms in total. The van der Waals surface area contributed by atoms with Gasteiger partial charge in [0, 0.05) is 24.4 Å². The van der Waals surface area contributed by atoms with E-state index >= 15 is 0 Å². The number of hydrogen-bond acceptors (Lipinski definition) is 7. The van der Waals surface area contributed by atoms with Crippen molar-refractivity contribution in [3.8, 4) is 0 Å². The molecule has 0 saturated carbocycles. The van der Waals surface area contributed by atoms with Gasteiger partial charge in [0.2, 0.25) is 0 Å². The SMILES string of the molecule is Cc1ncc(Cn2cc(CCC(=O)O)nn2)c(N)n1.O=C(O)C(F)(F)F. The molecule has 0 aliphatic heterocycles. The highest BCUT2D eigenvalue weighted by atomic mass is 19.4. The first-order valence-electron chi connectivity index (χ1n) is 6.98. The molecule has 0 spiro atoms. The third kappa shape index (κ3) is 7.11. The largest absolute Gasteiger partial charge is 0.490 e. The number of anilines is 1. The van der Waals surface area contributed by atoms with Crippen LogP contribution in [0.5, 0.6) is 0 Å². The zero-order chi connectivity index (χ0) is 19.9. The molecule has 26 heavy (non-hydrogen) atoms. The lowest BCUT2D eigenvalue weighted by Gasteiger charge is -2.04. The minimum atomic E-state index is -5.08. The monoisotopic (exact) mass is 376 g/mol. The Morgan fingerprint density at radius 1 is 1.31 bits per heavy atom. The van der Waals surface area contributed by atoms with Crippen LogP contribution in [0.4, 0.5) is 19.0 Å².